The minimum absolute atomic E-state index is 0.162. The molecule has 0 unspecified atom stereocenters. The molecule has 5 rings (SSSR count). The number of benzene rings is 1. The smallest absolute Gasteiger partial charge is 0.312 e. The van der Waals surface area contributed by atoms with Gasteiger partial charge in [0.25, 0.3) is 5.91 Å². The van der Waals surface area contributed by atoms with Gasteiger partial charge >= 0.3 is 5.97 Å². The first kappa shape index (κ1) is 16.9. The van der Waals surface area contributed by atoms with Gasteiger partial charge in [0.2, 0.25) is 0 Å². The second-order valence-corrected chi connectivity index (χ2v) is 8.68. The third-order valence-corrected chi connectivity index (χ3v) is 6.49. The number of carbonyl (C=O) groups excluding carboxylic acids is 2. The third kappa shape index (κ3) is 3.29. The van der Waals surface area contributed by atoms with Gasteiger partial charge < -0.3 is 10.1 Å². The van der Waals surface area contributed by atoms with Gasteiger partial charge in [0.05, 0.1) is 5.41 Å². The van der Waals surface area contributed by atoms with Gasteiger partial charge in [0, 0.05) is 10.7 Å². The van der Waals surface area contributed by atoms with Gasteiger partial charge in [-0.2, -0.15) is 0 Å². The molecule has 0 aliphatic heterocycles. The van der Waals surface area contributed by atoms with E-state index in [9.17, 15) is 9.59 Å². The lowest BCUT2D eigenvalue weighted by Crippen LogP contribution is -2.51. The van der Waals surface area contributed by atoms with E-state index in [1.165, 1.54) is 19.3 Å². The summed E-state index contributed by atoms with van der Waals surface area (Å²) in [6.45, 7) is 1.64. The monoisotopic (exact) mass is 361 g/mol. The number of nitrogens with one attached hydrogen (secondary N) is 1. The molecule has 1 amide bonds. The molecule has 0 aromatic heterocycles. The van der Waals surface area contributed by atoms with Crippen LogP contribution in [0.1, 0.15) is 45.4 Å². The van der Waals surface area contributed by atoms with Crippen molar-refractivity contribution >= 4 is 29.2 Å². The van der Waals surface area contributed by atoms with Crippen LogP contribution in [-0.2, 0) is 14.3 Å². The number of hydrogen-bond donors (Lipinski definition) is 1. The van der Waals surface area contributed by atoms with Crippen LogP contribution in [0, 0.1) is 23.2 Å². The maximum Gasteiger partial charge on any atom is 0.312 e. The zero-order chi connectivity index (χ0) is 17.6. The Balaban J connectivity index is 1.38. The summed E-state index contributed by atoms with van der Waals surface area (Å²) in [6, 6.07) is 6.88. The Bertz CT molecular complexity index is 649. The van der Waals surface area contributed by atoms with E-state index in [0.717, 1.165) is 19.3 Å². The summed E-state index contributed by atoms with van der Waals surface area (Å²) < 4.78 is 5.62. The van der Waals surface area contributed by atoms with E-state index in [-0.39, 0.29) is 17.3 Å². The zero-order valence-electron chi connectivity index (χ0n) is 14.5. The van der Waals surface area contributed by atoms with Crippen molar-refractivity contribution in [3.05, 3.63) is 29.3 Å². The Morgan fingerprint density at radius 3 is 2.12 bits per heavy atom. The fraction of sp³-hybridized carbons (Fsp3) is 0.600. The van der Waals surface area contributed by atoms with Crippen molar-refractivity contribution in [2.24, 2.45) is 23.2 Å². The summed E-state index contributed by atoms with van der Waals surface area (Å²) in [5.41, 5.74) is 0.316. The van der Waals surface area contributed by atoms with E-state index in [0.29, 0.717) is 28.5 Å². The Labute approximate surface area is 153 Å². The first-order valence-electron chi connectivity index (χ1n) is 9.21. The first-order chi connectivity index (χ1) is 11.9. The molecule has 4 bridgehead atoms. The Hall–Kier alpha value is -1.55. The standard InChI is InChI=1S/C20H24ClNO3/c1-12(18(23)22-17-4-2-16(21)3-5-17)25-19(24)20-9-13-6-14(10-20)8-15(7-13)11-20/h2-5,12-15H,6-11H2,1H3,(H,22,23)/t12-,13?,14?,15?,20?/m1/s1. The molecule has 4 saturated carbocycles. The lowest BCUT2D eigenvalue weighted by atomic mass is 9.49. The maximum absolute atomic E-state index is 12.9. The molecule has 1 aromatic carbocycles. The van der Waals surface area contributed by atoms with Crippen LogP contribution in [-0.4, -0.2) is 18.0 Å². The molecular weight excluding hydrogens is 338 g/mol. The molecule has 4 aliphatic rings. The van der Waals surface area contributed by atoms with Crippen molar-refractivity contribution in [3.63, 3.8) is 0 Å². The molecule has 1 atom stereocenters. The average molecular weight is 362 g/mol. The van der Waals surface area contributed by atoms with Gasteiger partial charge in [-0.1, -0.05) is 11.6 Å². The summed E-state index contributed by atoms with van der Waals surface area (Å²) >= 11 is 5.85. The number of esters is 1. The first-order valence-corrected chi connectivity index (χ1v) is 9.59. The molecule has 25 heavy (non-hydrogen) atoms. The van der Waals surface area contributed by atoms with Gasteiger partial charge in [0.1, 0.15) is 0 Å². The third-order valence-electron chi connectivity index (χ3n) is 6.24. The van der Waals surface area contributed by atoms with Gasteiger partial charge in [-0.3, -0.25) is 9.59 Å². The van der Waals surface area contributed by atoms with E-state index >= 15 is 0 Å². The number of hydrogen-bond acceptors (Lipinski definition) is 3. The molecule has 5 heteroatoms. The normalized spacial score (nSPS) is 33.8. The summed E-state index contributed by atoms with van der Waals surface area (Å²) in [7, 11) is 0. The van der Waals surface area contributed by atoms with Gasteiger partial charge in [0.15, 0.2) is 6.10 Å². The second kappa shape index (κ2) is 6.31. The van der Waals surface area contributed by atoms with Gasteiger partial charge in [-0.15, -0.1) is 0 Å². The number of carbonyl (C=O) groups is 2. The molecular formula is C20H24ClNO3. The van der Waals surface area contributed by atoms with Crippen molar-refractivity contribution in [1.82, 2.24) is 0 Å². The zero-order valence-corrected chi connectivity index (χ0v) is 15.2. The van der Waals surface area contributed by atoms with Crippen LogP contribution < -0.4 is 5.32 Å². The predicted octanol–water partition coefficient (Wildman–Crippen LogP) is 4.43. The number of anilines is 1. The molecule has 0 saturated heterocycles. The SMILES string of the molecule is C[C@@H](OC(=O)C12CC3CC(CC(C3)C1)C2)C(=O)Nc1ccc(Cl)cc1. The highest BCUT2D eigenvalue weighted by Gasteiger charge is 2.55. The molecule has 1 N–H and O–H groups in total. The van der Waals surface area contributed by atoms with Crippen LogP contribution in [0.25, 0.3) is 0 Å². The van der Waals surface area contributed by atoms with Crippen LogP contribution in [0.15, 0.2) is 24.3 Å². The molecule has 4 fully saturated rings. The molecule has 4 aliphatic carbocycles. The minimum atomic E-state index is -0.795. The highest BCUT2D eigenvalue weighted by atomic mass is 35.5. The fourth-order valence-electron chi connectivity index (χ4n) is 5.48. The lowest BCUT2D eigenvalue weighted by Gasteiger charge is -2.55. The molecule has 0 radical (unpaired) electrons. The lowest BCUT2D eigenvalue weighted by molar-refractivity contribution is -0.177. The van der Waals surface area contributed by atoms with E-state index in [1.54, 1.807) is 31.2 Å². The highest BCUT2D eigenvalue weighted by Crippen LogP contribution is 2.60. The molecule has 0 heterocycles. The number of amides is 1. The van der Waals surface area contributed by atoms with Crippen molar-refractivity contribution in [2.75, 3.05) is 5.32 Å². The number of rotatable bonds is 4. The van der Waals surface area contributed by atoms with Crippen LogP contribution in [0.4, 0.5) is 5.69 Å². The summed E-state index contributed by atoms with van der Waals surface area (Å²) in [6.07, 6.45) is 5.88. The van der Waals surface area contributed by atoms with E-state index in [1.807, 2.05) is 0 Å². The van der Waals surface area contributed by atoms with Crippen molar-refractivity contribution < 1.29 is 14.3 Å². The van der Waals surface area contributed by atoms with Crippen LogP contribution in [0.3, 0.4) is 0 Å². The molecule has 134 valence electrons. The van der Waals surface area contributed by atoms with Crippen LogP contribution >= 0.6 is 11.6 Å². The van der Waals surface area contributed by atoms with Crippen molar-refractivity contribution in [2.45, 2.75) is 51.6 Å². The van der Waals surface area contributed by atoms with E-state index in [4.69, 9.17) is 16.3 Å². The van der Waals surface area contributed by atoms with Gasteiger partial charge in [-0.25, -0.2) is 0 Å². The fourth-order valence-corrected chi connectivity index (χ4v) is 5.60. The van der Waals surface area contributed by atoms with Crippen LogP contribution in [0.2, 0.25) is 5.02 Å². The summed E-state index contributed by atoms with van der Waals surface area (Å²) in [4.78, 5) is 25.2. The van der Waals surface area contributed by atoms with E-state index in [2.05, 4.69) is 5.32 Å². The Morgan fingerprint density at radius 1 is 1.08 bits per heavy atom. The predicted molar refractivity (Wildman–Crippen MR) is 96.2 cm³/mol. The highest BCUT2D eigenvalue weighted by molar-refractivity contribution is 6.30. The molecule has 1 aromatic rings. The quantitative estimate of drug-likeness (QED) is 0.807. The number of ether oxygens (including phenoxy) is 1. The van der Waals surface area contributed by atoms with Crippen LogP contribution in [0.5, 0.6) is 0 Å². The molecule has 4 nitrogen and oxygen atoms in total. The van der Waals surface area contributed by atoms with Gasteiger partial charge in [-0.05, 0) is 87.5 Å². The Kier molecular flexibility index (Phi) is 4.27. The average Bonchev–Trinajstić information content (AvgIpc) is 2.55. The number of halogens is 1. The second-order valence-electron chi connectivity index (χ2n) is 8.24. The largest absolute Gasteiger partial charge is 0.452 e. The topological polar surface area (TPSA) is 55.4 Å². The molecule has 0 spiro atoms. The van der Waals surface area contributed by atoms with E-state index < -0.39 is 6.10 Å². The summed E-state index contributed by atoms with van der Waals surface area (Å²) in [5, 5.41) is 3.38. The summed E-state index contributed by atoms with van der Waals surface area (Å²) in [5.74, 6) is 1.57. The van der Waals surface area contributed by atoms with Crippen molar-refractivity contribution in [3.8, 4) is 0 Å². The minimum Gasteiger partial charge on any atom is -0.452 e. The maximum atomic E-state index is 12.9. The Morgan fingerprint density at radius 2 is 1.60 bits per heavy atom. The van der Waals surface area contributed by atoms with Crippen molar-refractivity contribution in [1.29, 1.82) is 0 Å².